The fourth-order valence-electron chi connectivity index (χ4n) is 4.05. The van der Waals surface area contributed by atoms with Gasteiger partial charge in [0.25, 0.3) is 0 Å². The number of hydrogen-bond donors (Lipinski definition) is 1. The van der Waals surface area contributed by atoms with Crippen molar-refractivity contribution in [2.45, 2.75) is 31.8 Å². The highest BCUT2D eigenvalue weighted by Crippen LogP contribution is 2.33. The van der Waals surface area contributed by atoms with Crippen molar-refractivity contribution in [3.05, 3.63) is 86.1 Å². The molecule has 9 heteroatoms. The average molecular weight is 405 g/mol. The molecule has 1 aliphatic heterocycles. The SMILES string of the molecule is [N-]=[N+]=NCc1ccc(CN2CC(CC(=O)O)CC(c3ccc(N=[N+]=[N-])cc3)C2)cc1. The fraction of sp³-hybridized carbons (Fsp3) is 0.381. The summed E-state index contributed by atoms with van der Waals surface area (Å²) in [5.74, 6) is -0.489. The van der Waals surface area contributed by atoms with E-state index < -0.39 is 5.97 Å². The summed E-state index contributed by atoms with van der Waals surface area (Å²) in [7, 11) is 0. The van der Waals surface area contributed by atoms with Crippen LogP contribution in [0.25, 0.3) is 20.9 Å². The van der Waals surface area contributed by atoms with Gasteiger partial charge in [0.05, 0.1) is 6.54 Å². The zero-order valence-corrected chi connectivity index (χ0v) is 16.5. The summed E-state index contributed by atoms with van der Waals surface area (Å²) in [6.07, 6.45) is 0.962. The van der Waals surface area contributed by atoms with Crippen LogP contribution in [0.15, 0.2) is 58.8 Å². The van der Waals surface area contributed by atoms with Gasteiger partial charge in [-0.15, -0.1) is 0 Å². The van der Waals surface area contributed by atoms with Crippen LogP contribution in [0.1, 0.15) is 35.4 Å². The number of azide groups is 2. The molecule has 2 aromatic carbocycles. The molecule has 3 rings (SSSR count). The predicted octanol–water partition coefficient (Wildman–Crippen LogP) is 5.52. The lowest BCUT2D eigenvalue weighted by Crippen LogP contribution is -2.39. The predicted molar refractivity (Wildman–Crippen MR) is 113 cm³/mol. The van der Waals surface area contributed by atoms with E-state index in [1.54, 1.807) is 12.1 Å². The van der Waals surface area contributed by atoms with Crippen LogP contribution in [0.2, 0.25) is 0 Å². The summed E-state index contributed by atoms with van der Waals surface area (Å²) in [6, 6.07) is 15.5. The van der Waals surface area contributed by atoms with Crippen molar-refractivity contribution < 1.29 is 9.90 Å². The Bertz CT molecular complexity index is 962. The number of carbonyl (C=O) groups is 1. The lowest BCUT2D eigenvalue weighted by Gasteiger charge is -2.37. The van der Waals surface area contributed by atoms with Crippen molar-refractivity contribution in [3.63, 3.8) is 0 Å². The van der Waals surface area contributed by atoms with E-state index in [2.05, 4.69) is 25.0 Å². The van der Waals surface area contributed by atoms with Crippen molar-refractivity contribution in [3.8, 4) is 0 Å². The lowest BCUT2D eigenvalue weighted by molar-refractivity contribution is -0.138. The molecule has 0 radical (unpaired) electrons. The van der Waals surface area contributed by atoms with Gasteiger partial charge in [-0.1, -0.05) is 58.8 Å². The van der Waals surface area contributed by atoms with E-state index in [9.17, 15) is 9.90 Å². The maximum absolute atomic E-state index is 11.3. The van der Waals surface area contributed by atoms with Gasteiger partial charge in [-0.05, 0) is 46.0 Å². The van der Waals surface area contributed by atoms with E-state index in [0.717, 1.165) is 42.7 Å². The highest BCUT2D eigenvalue weighted by atomic mass is 16.4. The largest absolute Gasteiger partial charge is 0.481 e. The Kier molecular flexibility index (Phi) is 7.29. The number of carboxylic acid groups (broad SMARTS) is 1. The molecule has 0 aromatic heterocycles. The minimum atomic E-state index is -0.776. The van der Waals surface area contributed by atoms with Crippen LogP contribution in [0.3, 0.4) is 0 Å². The zero-order valence-electron chi connectivity index (χ0n) is 16.5. The van der Waals surface area contributed by atoms with E-state index >= 15 is 0 Å². The summed E-state index contributed by atoms with van der Waals surface area (Å²) < 4.78 is 0. The Morgan fingerprint density at radius 1 is 1.03 bits per heavy atom. The Morgan fingerprint density at radius 3 is 2.37 bits per heavy atom. The number of hydrogen-bond acceptors (Lipinski definition) is 4. The quantitative estimate of drug-likeness (QED) is 0.351. The third-order valence-electron chi connectivity index (χ3n) is 5.35. The minimum Gasteiger partial charge on any atom is -0.481 e. The molecule has 1 fully saturated rings. The molecule has 154 valence electrons. The summed E-state index contributed by atoms with van der Waals surface area (Å²) in [4.78, 5) is 19.2. The second-order valence-corrected chi connectivity index (χ2v) is 7.58. The van der Waals surface area contributed by atoms with Gasteiger partial charge in [-0.2, -0.15) is 0 Å². The second-order valence-electron chi connectivity index (χ2n) is 7.58. The van der Waals surface area contributed by atoms with E-state index in [1.807, 2.05) is 36.4 Å². The van der Waals surface area contributed by atoms with Gasteiger partial charge in [0.15, 0.2) is 0 Å². The number of carboxylic acids is 1. The van der Waals surface area contributed by atoms with Gasteiger partial charge < -0.3 is 5.11 Å². The van der Waals surface area contributed by atoms with Crippen molar-refractivity contribution in [1.82, 2.24) is 4.90 Å². The van der Waals surface area contributed by atoms with E-state index in [4.69, 9.17) is 11.1 Å². The van der Waals surface area contributed by atoms with E-state index in [0.29, 0.717) is 12.2 Å². The first kappa shape index (κ1) is 21.2. The van der Waals surface area contributed by atoms with E-state index in [1.165, 1.54) is 0 Å². The third kappa shape index (κ3) is 5.99. The number of likely N-dealkylation sites (tertiary alicyclic amines) is 1. The Labute approximate surface area is 174 Å². The minimum absolute atomic E-state index is 0.0716. The van der Waals surface area contributed by atoms with Crippen LogP contribution in [0, 0.1) is 5.92 Å². The molecule has 0 aliphatic carbocycles. The lowest BCUT2D eigenvalue weighted by atomic mass is 9.83. The van der Waals surface area contributed by atoms with Gasteiger partial charge in [-0.3, -0.25) is 9.69 Å². The molecule has 2 atom stereocenters. The summed E-state index contributed by atoms with van der Waals surface area (Å²) in [5, 5.41) is 16.5. The topological polar surface area (TPSA) is 138 Å². The van der Waals surface area contributed by atoms with Crippen LogP contribution in [0.5, 0.6) is 0 Å². The number of rotatable bonds is 8. The van der Waals surface area contributed by atoms with Crippen molar-refractivity contribution >= 4 is 11.7 Å². The first-order valence-electron chi connectivity index (χ1n) is 9.75. The molecule has 1 aliphatic rings. The van der Waals surface area contributed by atoms with Crippen molar-refractivity contribution in [2.24, 2.45) is 16.1 Å². The molecule has 0 saturated carbocycles. The first-order valence-corrected chi connectivity index (χ1v) is 9.75. The van der Waals surface area contributed by atoms with Gasteiger partial charge in [0, 0.05) is 41.6 Å². The summed E-state index contributed by atoms with van der Waals surface area (Å²) >= 11 is 0. The maximum atomic E-state index is 11.3. The number of benzene rings is 2. The highest BCUT2D eigenvalue weighted by Gasteiger charge is 2.29. The third-order valence-corrected chi connectivity index (χ3v) is 5.35. The van der Waals surface area contributed by atoms with Gasteiger partial charge >= 0.3 is 5.97 Å². The first-order chi connectivity index (χ1) is 14.6. The molecule has 2 unspecified atom stereocenters. The number of aliphatic carboxylic acids is 1. The van der Waals surface area contributed by atoms with E-state index in [-0.39, 0.29) is 18.3 Å². The molecule has 9 nitrogen and oxygen atoms in total. The van der Waals surface area contributed by atoms with Crippen LogP contribution in [-0.4, -0.2) is 29.1 Å². The molecule has 1 heterocycles. The molecule has 0 bridgehead atoms. The van der Waals surface area contributed by atoms with Crippen molar-refractivity contribution in [2.75, 3.05) is 13.1 Å². The molecule has 2 aromatic rings. The van der Waals surface area contributed by atoms with Crippen LogP contribution in [0.4, 0.5) is 5.69 Å². The van der Waals surface area contributed by atoms with Crippen molar-refractivity contribution in [1.29, 1.82) is 0 Å². The monoisotopic (exact) mass is 405 g/mol. The van der Waals surface area contributed by atoms with Crippen LogP contribution < -0.4 is 0 Å². The second kappa shape index (κ2) is 10.3. The summed E-state index contributed by atoms with van der Waals surface area (Å²) in [6.45, 7) is 2.62. The van der Waals surface area contributed by atoms with Crippen LogP contribution in [-0.2, 0) is 17.9 Å². The molecular formula is C21H23N7O2. The zero-order chi connectivity index (χ0) is 21.3. The standard InChI is InChI=1S/C21H23N7O2/c22-26-24-11-15-1-3-16(4-2-15)12-28-13-17(10-21(29)30)9-19(14-28)18-5-7-20(8-6-18)25-27-23/h1-8,17,19H,9-14H2,(H,29,30). The molecule has 0 spiro atoms. The summed E-state index contributed by atoms with van der Waals surface area (Å²) in [5.41, 5.74) is 20.8. The van der Waals surface area contributed by atoms with Crippen LogP contribution >= 0.6 is 0 Å². The van der Waals surface area contributed by atoms with Gasteiger partial charge in [0.1, 0.15) is 0 Å². The fourth-order valence-corrected chi connectivity index (χ4v) is 4.05. The molecular weight excluding hydrogens is 382 g/mol. The number of nitrogens with zero attached hydrogens (tertiary/aromatic N) is 7. The highest BCUT2D eigenvalue weighted by molar-refractivity contribution is 5.67. The smallest absolute Gasteiger partial charge is 0.303 e. The normalized spacial score (nSPS) is 18.8. The molecule has 0 amide bonds. The molecule has 30 heavy (non-hydrogen) atoms. The van der Waals surface area contributed by atoms with Gasteiger partial charge in [0.2, 0.25) is 0 Å². The van der Waals surface area contributed by atoms with Gasteiger partial charge in [-0.25, -0.2) is 0 Å². The average Bonchev–Trinajstić information content (AvgIpc) is 2.73. The number of piperidine rings is 1. The Balaban J connectivity index is 1.73. The maximum Gasteiger partial charge on any atom is 0.303 e. The molecule has 1 N–H and O–H groups in total. The Morgan fingerprint density at radius 2 is 1.73 bits per heavy atom. The molecule has 1 saturated heterocycles. The Hall–Kier alpha value is -3.51.